The first-order valence-electron chi connectivity index (χ1n) is 7.35. The molecule has 0 unspecified atom stereocenters. The second-order valence-electron chi connectivity index (χ2n) is 5.48. The fourth-order valence-corrected chi connectivity index (χ4v) is 2.59. The number of nitrogens with zero attached hydrogens (tertiary/aromatic N) is 1. The molecule has 0 heterocycles. The molecule has 2 aromatic rings. The monoisotopic (exact) mass is 309 g/mol. The Labute approximate surface area is 135 Å². The highest BCUT2D eigenvalue weighted by atomic mass is 16.2. The van der Waals surface area contributed by atoms with Crippen molar-refractivity contribution < 1.29 is 14.4 Å². The Morgan fingerprint density at radius 2 is 1.26 bits per heavy atom. The number of Topliss-reactive ketones (excluding diaryl/α,β-unsaturated/α-hetero) is 2. The van der Waals surface area contributed by atoms with E-state index in [0.717, 1.165) is 11.1 Å². The van der Waals surface area contributed by atoms with Gasteiger partial charge >= 0.3 is 0 Å². The van der Waals surface area contributed by atoms with Crippen LogP contribution in [0.4, 0.5) is 0 Å². The molecule has 0 fully saturated rings. The van der Waals surface area contributed by atoms with Gasteiger partial charge in [-0.1, -0.05) is 42.5 Å². The molecule has 0 aliphatic carbocycles. The van der Waals surface area contributed by atoms with Crippen LogP contribution in [0.2, 0.25) is 0 Å². The van der Waals surface area contributed by atoms with Crippen molar-refractivity contribution in [3.63, 3.8) is 0 Å². The van der Waals surface area contributed by atoms with Gasteiger partial charge in [-0.3, -0.25) is 14.4 Å². The van der Waals surface area contributed by atoms with E-state index < -0.39 is 6.04 Å². The molecule has 0 saturated carbocycles. The number of likely N-dealkylation sites (N-methyl/N-ethyl adjacent to an activating group) is 1. The van der Waals surface area contributed by atoms with E-state index in [1.807, 2.05) is 42.5 Å². The van der Waals surface area contributed by atoms with Gasteiger partial charge in [0.1, 0.15) is 6.04 Å². The zero-order chi connectivity index (χ0) is 17.0. The molecular formula is C19H19NO3. The van der Waals surface area contributed by atoms with Crippen LogP contribution in [-0.4, -0.2) is 35.5 Å². The maximum absolute atomic E-state index is 12.5. The number of carbonyl (C=O) groups excluding carboxylic acids is 3. The van der Waals surface area contributed by atoms with E-state index >= 15 is 0 Å². The van der Waals surface area contributed by atoms with Crippen molar-refractivity contribution in [1.29, 1.82) is 0 Å². The summed E-state index contributed by atoms with van der Waals surface area (Å²) in [4.78, 5) is 36.8. The second kappa shape index (κ2) is 7.01. The number of carbonyl (C=O) groups is 3. The molecule has 0 aliphatic heterocycles. The van der Waals surface area contributed by atoms with Crippen molar-refractivity contribution in [1.82, 2.24) is 4.90 Å². The predicted octanol–water partition coefficient (Wildman–Crippen LogP) is 2.97. The SMILES string of the molecule is CC(=O)C(C(C)=O)N(C)C(=O)c1ccc(-c2ccccc2)cc1. The molecule has 2 aromatic carbocycles. The van der Waals surface area contributed by atoms with Gasteiger partial charge in [0.25, 0.3) is 5.91 Å². The third kappa shape index (κ3) is 3.72. The number of ketones is 2. The number of benzene rings is 2. The molecule has 0 radical (unpaired) electrons. The minimum Gasteiger partial charge on any atom is -0.325 e. The summed E-state index contributed by atoms with van der Waals surface area (Å²) in [5.74, 6) is -1.02. The highest BCUT2D eigenvalue weighted by Gasteiger charge is 2.28. The van der Waals surface area contributed by atoms with Crippen molar-refractivity contribution in [2.24, 2.45) is 0 Å². The fourth-order valence-electron chi connectivity index (χ4n) is 2.59. The third-order valence-electron chi connectivity index (χ3n) is 3.72. The quantitative estimate of drug-likeness (QED) is 0.798. The topological polar surface area (TPSA) is 54.5 Å². The van der Waals surface area contributed by atoms with Gasteiger partial charge in [-0.2, -0.15) is 0 Å². The minimum atomic E-state index is -1.03. The highest BCUT2D eigenvalue weighted by Crippen LogP contribution is 2.20. The molecule has 1 amide bonds. The molecule has 118 valence electrons. The average molecular weight is 309 g/mol. The lowest BCUT2D eigenvalue weighted by Crippen LogP contribution is -2.45. The fraction of sp³-hybridized carbons (Fsp3) is 0.211. The Balaban J connectivity index is 2.23. The van der Waals surface area contributed by atoms with Crippen LogP contribution in [0.1, 0.15) is 24.2 Å². The van der Waals surface area contributed by atoms with Crippen LogP contribution in [0.15, 0.2) is 54.6 Å². The first kappa shape index (κ1) is 16.6. The normalized spacial score (nSPS) is 10.4. The van der Waals surface area contributed by atoms with E-state index in [1.165, 1.54) is 25.8 Å². The lowest BCUT2D eigenvalue weighted by Gasteiger charge is -2.24. The van der Waals surface area contributed by atoms with Gasteiger partial charge in [0, 0.05) is 12.6 Å². The molecule has 0 spiro atoms. The van der Waals surface area contributed by atoms with E-state index in [1.54, 1.807) is 12.1 Å². The molecule has 4 nitrogen and oxygen atoms in total. The van der Waals surface area contributed by atoms with Crippen molar-refractivity contribution in [3.8, 4) is 11.1 Å². The summed E-state index contributed by atoms with van der Waals surface area (Å²) in [6, 6.07) is 15.9. The van der Waals surface area contributed by atoms with E-state index in [9.17, 15) is 14.4 Å². The van der Waals surface area contributed by atoms with Crippen LogP contribution in [0.25, 0.3) is 11.1 Å². The Morgan fingerprint density at radius 1 is 0.783 bits per heavy atom. The summed E-state index contributed by atoms with van der Waals surface area (Å²) >= 11 is 0. The van der Waals surface area contributed by atoms with Crippen molar-refractivity contribution in [2.45, 2.75) is 19.9 Å². The number of rotatable bonds is 5. The minimum absolute atomic E-state index is 0.339. The molecule has 0 aliphatic rings. The smallest absolute Gasteiger partial charge is 0.254 e. The predicted molar refractivity (Wildman–Crippen MR) is 89.1 cm³/mol. The maximum atomic E-state index is 12.5. The van der Waals surface area contributed by atoms with Gasteiger partial charge < -0.3 is 4.90 Å². The molecule has 2 rings (SSSR count). The van der Waals surface area contributed by atoms with Crippen LogP contribution >= 0.6 is 0 Å². The van der Waals surface area contributed by atoms with Crippen LogP contribution in [-0.2, 0) is 9.59 Å². The lowest BCUT2D eigenvalue weighted by molar-refractivity contribution is -0.130. The first-order chi connectivity index (χ1) is 10.9. The van der Waals surface area contributed by atoms with E-state index in [4.69, 9.17) is 0 Å². The number of hydrogen-bond acceptors (Lipinski definition) is 3. The maximum Gasteiger partial charge on any atom is 0.254 e. The Hall–Kier alpha value is -2.75. The van der Waals surface area contributed by atoms with Crippen LogP contribution in [0.3, 0.4) is 0 Å². The molecule has 0 aromatic heterocycles. The Morgan fingerprint density at radius 3 is 1.74 bits per heavy atom. The van der Waals surface area contributed by atoms with Gasteiger partial charge in [0.15, 0.2) is 11.6 Å². The van der Waals surface area contributed by atoms with E-state index in [-0.39, 0.29) is 17.5 Å². The van der Waals surface area contributed by atoms with Crippen LogP contribution < -0.4 is 0 Å². The number of hydrogen-bond donors (Lipinski definition) is 0. The van der Waals surface area contributed by atoms with Gasteiger partial charge in [-0.05, 0) is 37.1 Å². The third-order valence-corrected chi connectivity index (χ3v) is 3.72. The summed E-state index contributed by atoms with van der Waals surface area (Å²) in [5.41, 5.74) is 2.50. The van der Waals surface area contributed by atoms with Crippen molar-refractivity contribution in [2.75, 3.05) is 7.05 Å². The molecule has 0 N–H and O–H groups in total. The van der Waals surface area contributed by atoms with Crippen LogP contribution in [0.5, 0.6) is 0 Å². The van der Waals surface area contributed by atoms with Crippen molar-refractivity contribution in [3.05, 3.63) is 60.2 Å². The zero-order valence-corrected chi connectivity index (χ0v) is 13.4. The first-order valence-corrected chi connectivity index (χ1v) is 7.35. The molecule has 0 bridgehead atoms. The van der Waals surface area contributed by atoms with Gasteiger partial charge in [-0.15, -0.1) is 0 Å². The van der Waals surface area contributed by atoms with Gasteiger partial charge in [0.05, 0.1) is 0 Å². The molecular weight excluding hydrogens is 290 g/mol. The zero-order valence-electron chi connectivity index (χ0n) is 13.4. The van der Waals surface area contributed by atoms with Gasteiger partial charge in [0.2, 0.25) is 0 Å². The summed E-state index contributed by atoms with van der Waals surface area (Å²) in [7, 11) is 1.47. The van der Waals surface area contributed by atoms with Gasteiger partial charge in [-0.25, -0.2) is 0 Å². The highest BCUT2D eigenvalue weighted by molar-refractivity contribution is 6.08. The summed E-state index contributed by atoms with van der Waals surface area (Å²) < 4.78 is 0. The molecule has 0 atom stereocenters. The number of amides is 1. The lowest BCUT2D eigenvalue weighted by atomic mass is 10.0. The van der Waals surface area contributed by atoms with Crippen molar-refractivity contribution >= 4 is 17.5 Å². The van der Waals surface area contributed by atoms with E-state index in [0.29, 0.717) is 5.56 Å². The molecule has 0 saturated heterocycles. The van der Waals surface area contributed by atoms with Crippen LogP contribution in [0, 0.1) is 0 Å². The summed E-state index contributed by atoms with van der Waals surface area (Å²) in [6.45, 7) is 2.63. The standard InChI is InChI=1S/C19H19NO3/c1-13(21)18(14(2)22)20(3)19(23)17-11-9-16(10-12-17)15-7-5-4-6-8-15/h4-12,18H,1-3H3. The Bertz CT molecular complexity index is 706. The van der Waals surface area contributed by atoms with E-state index in [2.05, 4.69) is 0 Å². The summed E-state index contributed by atoms with van der Waals surface area (Å²) in [5, 5.41) is 0. The Kier molecular flexibility index (Phi) is 5.06. The largest absolute Gasteiger partial charge is 0.325 e. The average Bonchev–Trinajstić information content (AvgIpc) is 2.54. The molecule has 23 heavy (non-hydrogen) atoms. The molecule has 4 heteroatoms. The second-order valence-corrected chi connectivity index (χ2v) is 5.48. The summed E-state index contributed by atoms with van der Waals surface area (Å²) in [6.07, 6.45) is 0.